The molecule has 1 N–H and O–H groups in total. The number of hydrogen-bond acceptors (Lipinski definition) is 7. The Balaban J connectivity index is 1.72. The van der Waals surface area contributed by atoms with Crippen LogP contribution in [0, 0.1) is 0 Å². The number of methoxy groups -OCH3 is 1. The third kappa shape index (κ3) is 3.18. The first-order valence-corrected chi connectivity index (χ1v) is 7.83. The Morgan fingerprint density at radius 3 is 2.71 bits per heavy atom. The van der Waals surface area contributed by atoms with Crippen LogP contribution < -0.4 is 15.0 Å². The molecule has 116 valence electrons. The van der Waals surface area contributed by atoms with Crippen molar-refractivity contribution >= 4 is 11.9 Å². The summed E-state index contributed by atoms with van der Waals surface area (Å²) in [5, 5.41) is 3.13. The maximum absolute atomic E-state index is 5.19. The predicted molar refractivity (Wildman–Crippen MR) is 82.0 cm³/mol. The van der Waals surface area contributed by atoms with E-state index in [1.165, 1.54) is 32.4 Å². The average molecular weight is 292 g/mol. The molecule has 0 saturated carbocycles. The minimum Gasteiger partial charge on any atom is -0.467 e. The standard InChI is InChI=1S/C14H24N6O/c1-3-15-12-16-13(18-14(17-12)21-2)20-9-6-11(10-20)19-7-4-5-8-19/h11H,3-10H2,1-2H3,(H,15,16,17,18). The maximum atomic E-state index is 5.19. The van der Waals surface area contributed by atoms with E-state index in [4.69, 9.17) is 4.74 Å². The first-order valence-electron chi connectivity index (χ1n) is 7.83. The summed E-state index contributed by atoms with van der Waals surface area (Å²) in [7, 11) is 1.59. The van der Waals surface area contributed by atoms with Gasteiger partial charge in [-0.2, -0.15) is 15.0 Å². The summed E-state index contributed by atoms with van der Waals surface area (Å²) >= 11 is 0. The molecule has 3 heterocycles. The molecule has 1 aromatic rings. The van der Waals surface area contributed by atoms with Crippen LogP contribution in [-0.4, -0.2) is 65.7 Å². The molecule has 2 saturated heterocycles. The van der Waals surface area contributed by atoms with Gasteiger partial charge in [0.25, 0.3) is 0 Å². The zero-order chi connectivity index (χ0) is 14.7. The van der Waals surface area contributed by atoms with Crippen molar-refractivity contribution in [1.29, 1.82) is 0 Å². The highest BCUT2D eigenvalue weighted by atomic mass is 16.5. The number of aromatic nitrogens is 3. The van der Waals surface area contributed by atoms with E-state index < -0.39 is 0 Å². The van der Waals surface area contributed by atoms with Crippen molar-refractivity contribution in [1.82, 2.24) is 19.9 Å². The summed E-state index contributed by atoms with van der Waals surface area (Å²) in [5.41, 5.74) is 0. The minimum absolute atomic E-state index is 0.376. The fraction of sp³-hybridized carbons (Fsp3) is 0.786. The molecule has 0 aliphatic carbocycles. The van der Waals surface area contributed by atoms with Gasteiger partial charge in [0.2, 0.25) is 11.9 Å². The Bertz CT molecular complexity index is 477. The molecule has 1 aromatic heterocycles. The topological polar surface area (TPSA) is 66.4 Å². The summed E-state index contributed by atoms with van der Waals surface area (Å²) in [6, 6.07) is 1.01. The van der Waals surface area contributed by atoms with Gasteiger partial charge in [-0.15, -0.1) is 0 Å². The number of anilines is 2. The summed E-state index contributed by atoms with van der Waals surface area (Å²) in [5.74, 6) is 1.31. The van der Waals surface area contributed by atoms with Crippen LogP contribution in [0.5, 0.6) is 6.01 Å². The van der Waals surface area contributed by atoms with E-state index >= 15 is 0 Å². The number of ether oxygens (including phenoxy) is 1. The molecule has 3 rings (SSSR count). The van der Waals surface area contributed by atoms with Gasteiger partial charge in [0.05, 0.1) is 7.11 Å². The summed E-state index contributed by atoms with van der Waals surface area (Å²) in [4.78, 5) is 18.0. The molecule has 2 fully saturated rings. The monoisotopic (exact) mass is 292 g/mol. The maximum Gasteiger partial charge on any atom is 0.322 e. The number of nitrogens with zero attached hydrogens (tertiary/aromatic N) is 5. The molecule has 0 aromatic carbocycles. The first-order chi connectivity index (χ1) is 10.3. The van der Waals surface area contributed by atoms with E-state index in [1.807, 2.05) is 6.92 Å². The van der Waals surface area contributed by atoms with E-state index in [-0.39, 0.29) is 0 Å². The Labute approximate surface area is 125 Å². The van der Waals surface area contributed by atoms with Crippen LogP contribution in [-0.2, 0) is 0 Å². The molecule has 0 radical (unpaired) electrons. The highest BCUT2D eigenvalue weighted by Gasteiger charge is 2.30. The van der Waals surface area contributed by atoms with Crippen molar-refractivity contribution < 1.29 is 4.74 Å². The van der Waals surface area contributed by atoms with Crippen LogP contribution in [0.25, 0.3) is 0 Å². The lowest BCUT2D eigenvalue weighted by molar-refractivity contribution is 0.260. The van der Waals surface area contributed by atoms with E-state index in [1.54, 1.807) is 7.11 Å². The van der Waals surface area contributed by atoms with Gasteiger partial charge >= 0.3 is 6.01 Å². The Hall–Kier alpha value is -1.63. The highest BCUT2D eigenvalue weighted by molar-refractivity contribution is 5.39. The quantitative estimate of drug-likeness (QED) is 0.868. The Morgan fingerprint density at radius 2 is 2.00 bits per heavy atom. The molecule has 2 aliphatic heterocycles. The van der Waals surface area contributed by atoms with E-state index in [0.717, 1.165) is 25.6 Å². The molecular weight excluding hydrogens is 268 g/mol. The van der Waals surface area contributed by atoms with Crippen molar-refractivity contribution in [2.24, 2.45) is 0 Å². The highest BCUT2D eigenvalue weighted by Crippen LogP contribution is 2.24. The molecule has 7 heteroatoms. The lowest BCUT2D eigenvalue weighted by Crippen LogP contribution is -2.35. The van der Waals surface area contributed by atoms with Gasteiger partial charge in [-0.05, 0) is 39.3 Å². The van der Waals surface area contributed by atoms with Crippen molar-refractivity contribution in [2.75, 3.05) is 50.1 Å². The molecule has 21 heavy (non-hydrogen) atoms. The summed E-state index contributed by atoms with van der Waals surface area (Å²) in [6.07, 6.45) is 3.85. The van der Waals surface area contributed by atoms with Crippen LogP contribution in [0.4, 0.5) is 11.9 Å². The van der Waals surface area contributed by atoms with Crippen molar-refractivity contribution in [3.8, 4) is 6.01 Å². The van der Waals surface area contributed by atoms with Gasteiger partial charge in [0.15, 0.2) is 0 Å². The Kier molecular flexibility index (Phi) is 4.38. The zero-order valence-electron chi connectivity index (χ0n) is 12.9. The lowest BCUT2D eigenvalue weighted by Gasteiger charge is -2.23. The fourth-order valence-electron chi connectivity index (χ4n) is 3.14. The smallest absolute Gasteiger partial charge is 0.322 e. The largest absolute Gasteiger partial charge is 0.467 e. The normalized spacial score (nSPS) is 22.8. The molecular formula is C14H24N6O. The predicted octanol–water partition coefficient (Wildman–Crippen LogP) is 0.986. The average Bonchev–Trinajstić information content (AvgIpc) is 3.18. The van der Waals surface area contributed by atoms with Gasteiger partial charge < -0.3 is 15.0 Å². The van der Waals surface area contributed by atoms with Gasteiger partial charge in [0, 0.05) is 25.7 Å². The van der Waals surface area contributed by atoms with E-state index in [2.05, 4.69) is 30.1 Å². The number of hydrogen-bond donors (Lipinski definition) is 1. The third-order valence-electron chi connectivity index (χ3n) is 4.22. The SMILES string of the molecule is CCNc1nc(OC)nc(N2CCC(N3CCCC3)C2)n1. The van der Waals surface area contributed by atoms with Gasteiger partial charge in [0.1, 0.15) is 0 Å². The summed E-state index contributed by atoms with van der Waals surface area (Å²) < 4.78 is 5.19. The van der Waals surface area contributed by atoms with Gasteiger partial charge in [-0.25, -0.2) is 0 Å². The second kappa shape index (κ2) is 6.43. The fourth-order valence-corrected chi connectivity index (χ4v) is 3.14. The van der Waals surface area contributed by atoms with Gasteiger partial charge in [-0.3, -0.25) is 4.90 Å². The van der Waals surface area contributed by atoms with Crippen molar-refractivity contribution in [3.63, 3.8) is 0 Å². The second-order valence-electron chi connectivity index (χ2n) is 5.61. The van der Waals surface area contributed by atoms with Crippen LogP contribution >= 0.6 is 0 Å². The van der Waals surface area contributed by atoms with Crippen LogP contribution in [0.3, 0.4) is 0 Å². The Morgan fingerprint density at radius 1 is 1.19 bits per heavy atom. The van der Waals surface area contributed by atoms with Crippen molar-refractivity contribution in [2.45, 2.75) is 32.2 Å². The molecule has 7 nitrogen and oxygen atoms in total. The van der Waals surface area contributed by atoms with Gasteiger partial charge in [-0.1, -0.05) is 0 Å². The molecule has 1 unspecified atom stereocenters. The van der Waals surface area contributed by atoms with Crippen molar-refractivity contribution in [3.05, 3.63) is 0 Å². The molecule has 0 bridgehead atoms. The van der Waals surface area contributed by atoms with Crippen LogP contribution in [0.15, 0.2) is 0 Å². The number of rotatable bonds is 5. The number of nitrogens with one attached hydrogen (secondary N) is 1. The molecule has 0 spiro atoms. The second-order valence-corrected chi connectivity index (χ2v) is 5.61. The van der Waals surface area contributed by atoms with Crippen LogP contribution in [0.2, 0.25) is 0 Å². The van der Waals surface area contributed by atoms with Crippen LogP contribution in [0.1, 0.15) is 26.2 Å². The lowest BCUT2D eigenvalue weighted by atomic mass is 10.2. The zero-order valence-corrected chi connectivity index (χ0v) is 12.9. The number of likely N-dealkylation sites (tertiary alicyclic amines) is 1. The molecule has 0 amide bonds. The molecule has 1 atom stereocenters. The van der Waals surface area contributed by atoms with E-state index in [0.29, 0.717) is 18.0 Å². The first kappa shape index (κ1) is 14.3. The molecule has 2 aliphatic rings. The summed E-state index contributed by atoms with van der Waals surface area (Å²) in [6.45, 7) is 7.28. The third-order valence-corrected chi connectivity index (χ3v) is 4.22. The van der Waals surface area contributed by atoms with E-state index in [9.17, 15) is 0 Å². The minimum atomic E-state index is 0.376.